The van der Waals surface area contributed by atoms with E-state index in [4.69, 9.17) is 16.0 Å². The zero-order valence-electron chi connectivity index (χ0n) is 12.5. The number of rotatable bonds is 6. The third kappa shape index (κ3) is 5.00. The minimum atomic E-state index is -0.579. The summed E-state index contributed by atoms with van der Waals surface area (Å²) < 4.78 is 9.79. The Morgan fingerprint density at radius 1 is 1.30 bits per heavy atom. The Bertz CT molecular complexity index is 694. The van der Waals surface area contributed by atoms with E-state index >= 15 is 0 Å². The van der Waals surface area contributed by atoms with Crippen molar-refractivity contribution >= 4 is 29.6 Å². The topological polar surface area (TPSA) is 68.5 Å². The van der Waals surface area contributed by atoms with Crippen LogP contribution in [0.5, 0.6) is 0 Å². The summed E-state index contributed by atoms with van der Waals surface area (Å²) in [7, 11) is 1.30. The highest BCUT2D eigenvalue weighted by atomic mass is 35.5. The number of hydrogen-bond donors (Lipinski definition) is 1. The Hall–Kier alpha value is -2.53. The molecule has 1 atom stereocenters. The van der Waals surface area contributed by atoms with Gasteiger partial charge in [0, 0.05) is 11.1 Å². The van der Waals surface area contributed by atoms with Gasteiger partial charge in [-0.1, -0.05) is 29.8 Å². The molecule has 0 aliphatic rings. The fourth-order valence-corrected chi connectivity index (χ4v) is 2.28. The molecule has 1 N–H and O–H groups in total. The van der Waals surface area contributed by atoms with Crippen molar-refractivity contribution in [3.8, 4) is 0 Å². The van der Waals surface area contributed by atoms with E-state index in [-0.39, 0.29) is 12.3 Å². The quantitative estimate of drug-likeness (QED) is 0.650. The first-order valence-electron chi connectivity index (χ1n) is 6.93. The number of esters is 1. The normalized spacial score (nSPS) is 12.1. The van der Waals surface area contributed by atoms with Crippen LogP contribution in [-0.4, -0.2) is 19.0 Å². The van der Waals surface area contributed by atoms with Crippen LogP contribution in [0, 0.1) is 0 Å². The third-order valence-electron chi connectivity index (χ3n) is 3.14. The summed E-state index contributed by atoms with van der Waals surface area (Å²) in [4.78, 5) is 23.7. The molecule has 0 saturated heterocycles. The van der Waals surface area contributed by atoms with E-state index in [1.165, 1.54) is 25.5 Å². The highest BCUT2D eigenvalue weighted by Crippen LogP contribution is 2.25. The van der Waals surface area contributed by atoms with Crippen molar-refractivity contribution in [1.29, 1.82) is 0 Å². The molecule has 1 aromatic heterocycles. The summed E-state index contributed by atoms with van der Waals surface area (Å²) in [5, 5.41) is 3.22. The highest BCUT2D eigenvalue weighted by Gasteiger charge is 2.20. The summed E-state index contributed by atoms with van der Waals surface area (Å²) in [5.41, 5.74) is 0.652. The molecule has 1 aromatic carbocycles. The van der Waals surface area contributed by atoms with Crippen molar-refractivity contribution in [3.05, 3.63) is 65.1 Å². The Kier molecular flexibility index (Phi) is 6.00. The Morgan fingerprint density at radius 3 is 2.74 bits per heavy atom. The van der Waals surface area contributed by atoms with Gasteiger partial charge in [0.25, 0.3) is 0 Å². The summed E-state index contributed by atoms with van der Waals surface area (Å²) in [5.74, 6) is -0.247. The second-order valence-corrected chi connectivity index (χ2v) is 5.12. The van der Waals surface area contributed by atoms with Crippen LogP contribution in [0.1, 0.15) is 23.8 Å². The van der Waals surface area contributed by atoms with Crippen molar-refractivity contribution in [2.45, 2.75) is 12.5 Å². The van der Waals surface area contributed by atoms with E-state index in [1.807, 2.05) is 0 Å². The number of ether oxygens (including phenoxy) is 1. The lowest BCUT2D eigenvalue weighted by molar-refractivity contribution is -0.141. The van der Waals surface area contributed by atoms with Crippen molar-refractivity contribution in [3.63, 3.8) is 0 Å². The molecular weight excluding hydrogens is 318 g/mol. The molecule has 0 radical (unpaired) electrons. The Balaban J connectivity index is 2.12. The second-order valence-electron chi connectivity index (χ2n) is 4.71. The SMILES string of the molecule is COC(=O)CC(NC(=O)/C=C\c1ccco1)c1ccccc1Cl. The van der Waals surface area contributed by atoms with E-state index in [9.17, 15) is 9.59 Å². The van der Waals surface area contributed by atoms with Gasteiger partial charge >= 0.3 is 5.97 Å². The molecule has 23 heavy (non-hydrogen) atoms. The Labute approximate surface area is 138 Å². The number of amides is 1. The zero-order valence-corrected chi connectivity index (χ0v) is 13.2. The van der Waals surface area contributed by atoms with E-state index < -0.39 is 12.0 Å². The van der Waals surface area contributed by atoms with Gasteiger partial charge < -0.3 is 14.5 Å². The van der Waals surface area contributed by atoms with E-state index in [0.717, 1.165) is 0 Å². The van der Waals surface area contributed by atoms with Gasteiger partial charge in [-0.2, -0.15) is 0 Å². The summed E-state index contributed by atoms with van der Waals surface area (Å²) in [6.07, 6.45) is 4.37. The fourth-order valence-electron chi connectivity index (χ4n) is 2.01. The van der Waals surface area contributed by atoms with Gasteiger partial charge in [-0.25, -0.2) is 0 Å². The number of nitrogens with one attached hydrogen (secondary N) is 1. The third-order valence-corrected chi connectivity index (χ3v) is 3.48. The maximum absolute atomic E-state index is 12.1. The first-order valence-corrected chi connectivity index (χ1v) is 7.31. The van der Waals surface area contributed by atoms with Crippen molar-refractivity contribution in [1.82, 2.24) is 5.32 Å². The molecule has 0 aliphatic heterocycles. The van der Waals surface area contributed by atoms with E-state index in [1.54, 1.807) is 36.4 Å². The average Bonchev–Trinajstić information content (AvgIpc) is 3.06. The molecular formula is C17H16ClNO4. The molecule has 1 unspecified atom stereocenters. The van der Waals surface area contributed by atoms with Gasteiger partial charge in [0.05, 0.1) is 25.8 Å². The molecule has 2 aromatic rings. The summed E-state index contributed by atoms with van der Waals surface area (Å²) in [6, 6.07) is 9.89. The molecule has 0 saturated carbocycles. The van der Waals surface area contributed by atoms with E-state index in [2.05, 4.69) is 10.1 Å². The van der Waals surface area contributed by atoms with Crippen molar-refractivity contribution in [2.24, 2.45) is 0 Å². The molecule has 1 heterocycles. The smallest absolute Gasteiger partial charge is 0.307 e. The number of methoxy groups -OCH3 is 1. The van der Waals surface area contributed by atoms with Gasteiger partial charge in [-0.15, -0.1) is 0 Å². The maximum Gasteiger partial charge on any atom is 0.307 e. The van der Waals surface area contributed by atoms with Gasteiger partial charge in [0.1, 0.15) is 5.76 Å². The predicted octanol–water partition coefficient (Wildman–Crippen LogP) is 3.37. The first kappa shape index (κ1) is 16.8. The molecule has 5 nitrogen and oxygen atoms in total. The molecule has 0 spiro atoms. The highest BCUT2D eigenvalue weighted by molar-refractivity contribution is 6.31. The van der Waals surface area contributed by atoms with Crippen LogP contribution in [0.15, 0.2) is 53.2 Å². The minimum Gasteiger partial charge on any atom is -0.469 e. The molecule has 6 heteroatoms. The van der Waals surface area contributed by atoms with Crippen LogP contribution in [0.2, 0.25) is 5.02 Å². The minimum absolute atomic E-state index is 0.0133. The van der Waals surface area contributed by atoms with Crippen LogP contribution in [0.25, 0.3) is 6.08 Å². The van der Waals surface area contributed by atoms with Crippen LogP contribution in [-0.2, 0) is 14.3 Å². The zero-order chi connectivity index (χ0) is 16.7. The fraction of sp³-hybridized carbons (Fsp3) is 0.176. The second kappa shape index (κ2) is 8.19. The number of carbonyl (C=O) groups excluding carboxylic acids is 2. The molecule has 0 bridgehead atoms. The van der Waals surface area contributed by atoms with Gasteiger partial charge in [0.2, 0.25) is 5.91 Å². The number of furan rings is 1. The van der Waals surface area contributed by atoms with Crippen LogP contribution < -0.4 is 5.32 Å². The summed E-state index contributed by atoms with van der Waals surface area (Å²) >= 11 is 6.15. The summed E-state index contributed by atoms with van der Waals surface area (Å²) in [6.45, 7) is 0. The standard InChI is InChI=1S/C17H16ClNO4/c1-22-17(21)11-15(13-6-2-3-7-14(13)18)19-16(20)9-8-12-5-4-10-23-12/h2-10,15H,11H2,1H3,(H,19,20)/b9-8-. The molecule has 2 rings (SSSR count). The Morgan fingerprint density at radius 2 is 2.09 bits per heavy atom. The van der Waals surface area contributed by atoms with Gasteiger partial charge in [0.15, 0.2) is 0 Å². The van der Waals surface area contributed by atoms with Crippen molar-refractivity contribution in [2.75, 3.05) is 7.11 Å². The lowest BCUT2D eigenvalue weighted by Gasteiger charge is -2.18. The van der Waals surface area contributed by atoms with Gasteiger partial charge in [-0.3, -0.25) is 9.59 Å². The molecule has 0 aliphatic carbocycles. The monoisotopic (exact) mass is 333 g/mol. The molecule has 120 valence electrons. The lowest BCUT2D eigenvalue weighted by atomic mass is 10.0. The average molecular weight is 334 g/mol. The number of carbonyl (C=O) groups is 2. The van der Waals surface area contributed by atoms with Crippen LogP contribution in [0.3, 0.4) is 0 Å². The van der Waals surface area contributed by atoms with Gasteiger partial charge in [-0.05, 0) is 29.8 Å². The van der Waals surface area contributed by atoms with Crippen LogP contribution >= 0.6 is 11.6 Å². The number of benzene rings is 1. The molecule has 0 fully saturated rings. The lowest BCUT2D eigenvalue weighted by Crippen LogP contribution is -2.29. The van der Waals surface area contributed by atoms with E-state index in [0.29, 0.717) is 16.3 Å². The number of halogens is 1. The van der Waals surface area contributed by atoms with Crippen LogP contribution in [0.4, 0.5) is 0 Å². The largest absolute Gasteiger partial charge is 0.469 e. The predicted molar refractivity (Wildman–Crippen MR) is 86.7 cm³/mol. The maximum atomic E-state index is 12.1. The van der Waals surface area contributed by atoms with Crippen molar-refractivity contribution < 1.29 is 18.7 Å². The number of hydrogen-bond acceptors (Lipinski definition) is 4. The first-order chi connectivity index (χ1) is 11.1. The molecule has 1 amide bonds.